The Bertz CT molecular complexity index is 1020. The Labute approximate surface area is 177 Å². The minimum Gasteiger partial charge on any atom is -0.493 e. The molecule has 0 radical (unpaired) electrons. The molecule has 0 fully saturated rings. The van der Waals surface area contributed by atoms with Crippen molar-refractivity contribution in [3.8, 4) is 11.5 Å². The fourth-order valence-electron chi connectivity index (χ4n) is 4.46. The molecule has 0 amide bonds. The smallest absolute Gasteiger partial charge is 0.161 e. The largest absolute Gasteiger partial charge is 0.493 e. The summed E-state index contributed by atoms with van der Waals surface area (Å²) in [5.74, 6) is 1.56. The van der Waals surface area contributed by atoms with Crippen LogP contribution in [0, 0.1) is 6.92 Å². The Morgan fingerprint density at radius 1 is 0.966 bits per heavy atom. The van der Waals surface area contributed by atoms with Crippen molar-refractivity contribution in [2.75, 3.05) is 20.8 Å². The van der Waals surface area contributed by atoms with Crippen LogP contribution in [0.5, 0.6) is 11.5 Å². The number of aryl methyl sites for hydroxylation is 1. The first kappa shape index (κ1) is 19.8. The summed E-state index contributed by atoms with van der Waals surface area (Å²) in [5, 5.41) is 0.769. The molecule has 3 aromatic rings. The van der Waals surface area contributed by atoms with E-state index in [-0.39, 0.29) is 6.04 Å². The van der Waals surface area contributed by atoms with Crippen LogP contribution in [-0.4, -0.2) is 20.8 Å². The van der Waals surface area contributed by atoms with Gasteiger partial charge in [-0.3, -0.25) is 0 Å². The topological polar surface area (TPSA) is 22.9 Å². The fraction of sp³-hybridized carbons (Fsp3) is 0.280. The number of fused-ring (bicyclic) bond motifs is 1. The maximum atomic E-state index is 6.37. The van der Waals surface area contributed by atoms with Crippen molar-refractivity contribution in [3.05, 3.63) is 93.5 Å². The van der Waals surface area contributed by atoms with Gasteiger partial charge in [-0.2, -0.15) is 0 Å². The number of quaternary nitrogens is 1. The molecule has 0 aromatic heterocycles. The van der Waals surface area contributed by atoms with Gasteiger partial charge in [-0.15, -0.1) is 0 Å². The third kappa shape index (κ3) is 4.12. The number of hydrogen-bond donors (Lipinski definition) is 1. The first-order valence-electron chi connectivity index (χ1n) is 9.99. The van der Waals surface area contributed by atoms with Gasteiger partial charge in [0.2, 0.25) is 0 Å². The van der Waals surface area contributed by atoms with Gasteiger partial charge >= 0.3 is 0 Å². The summed E-state index contributed by atoms with van der Waals surface area (Å²) in [6.07, 6.45) is 1.01. The first-order chi connectivity index (χ1) is 14.1. The molecule has 1 aliphatic rings. The van der Waals surface area contributed by atoms with Gasteiger partial charge < -0.3 is 14.4 Å². The normalized spacial score (nSPS) is 18.2. The van der Waals surface area contributed by atoms with Crippen molar-refractivity contribution >= 4 is 11.6 Å². The summed E-state index contributed by atoms with van der Waals surface area (Å²) in [6, 6.07) is 21.5. The molecule has 0 saturated carbocycles. The minimum absolute atomic E-state index is 0.192. The molecule has 4 rings (SSSR count). The van der Waals surface area contributed by atoms with Crippen molar-refractivity contribution in [1.82, 2.24) is 0 Å². The average molecular weight is 409 g/mol. The highest BCUT2D eigenvalue weighted by atomic mass is 35.5. The van der Waals surface area contributed by atoms with Crippen molar-refractivity contribution in [2.45, 2.75) is 25.9 Å². The lowest BCUT2D eigenvalue weighted by molar-refractivity contribution is -0.941. The highest BCUT2D eigenvalue weighted by Gasteiger charge is 2.34. The summed E-state index contributed by atoms with van der Waals surface area (Å²) in [6.45, 7) is 4.16. The molecule has 0 bridgehead atoms. The number of hydrogen-bond acceptors (Lipinski definition) is 2. The van der Waals surface area contributed by atoms with Crippen molar-refractivity contribution in [1.29, 1.82) is 0 Å². The van der Waals surface area contributed by atoms with Crippen LogP contribution >= 0.6 is 11.6 Å². The van der Waals surface area contributed by atoms with Crippen LogP contribution in [0.3, 0.4) is 0 Å². The zero-order valence-electron chi connectivity index (χ0n) is 17.2. The van der Waals surface area contributed by atoms with Crippen LogP contribution in [0.15, 0.2) is 60.7 Å². The van der Waals surface area contributed by atoms with E-state index in [2.05, 4.69) is 55.5 Å². The fourth-order valence-corrected chi connectivity index (χ4v) is 4.66. The molecular weight excluding hydrogens is 382 g/mol. The Balaban J connectivity index is 1.80. The van der Waals surface area contributed by atoms with Crippen LogP contribution in [0.25, 0.3) is 0 Å². The van der Waals surface area contributed by atoms with Gasteiger partial charge in [0.25, 0.3) is 0 Å². The molecule has 3 aromatic carbocycles. The molecule has 29 heavy (non-hydrogen) atoms. The predicted octanol–water partition coefficient (Wildman–Crippen LogP) is 4.40. The van der Waals surface area contributed by atoms with Gasteiger partial charge in [-0.25, -0.2) is 0 Å². The van der Waals surface area contributed by atoms with Gasteiger partial charge in [0, 0.05) is 28.1 Å². The summed E-state index contributed by atoms with van der Waals surface area (Å²) in [5.41, 5.74) is 6.49. The zero-order chi connectivity index (χ0) is 20.4. The van der Waals surface area contributed by atoms with E-state index < -0.39 is 0 Å². The summed E-state index contributed by atoms with van der Waals surface area (Å²) in [7, 11) is 3.38. The Kier molecular flexibility index (Phi) is 5.79. The lowest BCUT2D eigenvalue weighted by Gasteiger charge is -2.35. The number of ether oxygens (including phenoxy) is 2. The monoisotopic (exact) mass is 408 g/mol. The molecule has 150 valence electrons. The van der Waals surface area contributed by atoms with Crippen LogP contribution in [0.1, 0.15) is 33.9 Å². The second-order valence-electron chi connectivity index (χ2n) is 7.72. The standard InChI is InChI=1S/C25H26ClNO2/c1-17-6-4-7-18(12-17)16-27-11-10-19-14-23(28-2)24(29-3)15-22(19)25(27)20-8-5-9-21(26)13-20/h4-9,12-15,25H,10-11,16H2,1-3H3/p+1/t25-/m0/s1. The number of benzene rings is 3. The van der Waals surface area contributed by atoms with Gasteiger partial charge in [0.15, 0.2) is 11.5 Å². The predicted molar refractivity (Wildman–Crippen MR) is 117 cm³/mol. The third-order valence-electron chi connectivity index (χ3n) is 5.78. The SMILES string of the molecule is COc1cc2c(cc1OC)[C@H](c1cccc(Cl)c1)[NH+](Cc1cccc(C)c1)CC2. The molecule has 1 aliphatic heterocycles. The summed E-state index contributed by atoms with van der Waals surface area (Å²) in [4.78, 5) is 1.51. The van der Waals surface area contributed by atoms with Gasteiger partial charge in [-0.1, -0.05) is 53.6 Å². The maximum absolute atomic E-state index is 6.37. The maximum Gasteiger partial charge on any atom is 0.161 e. The highest BCUT2D eigenvalue weighted by molar-refractivity contribution is 6.30. The van der Waals surface area contributed by atoms with E-state index in [0.29, 0.717) is 0 Å². The van der Waals surface area contributed by atoms with Gasteiger partial charge in [0.1, 0.15) is 12.6 Å². The minimum atomic E-state index is 0.192. The second kappa shape index (κ2) is 8.48. The van der Waals surface area contributed by atoms with Crippen molar-refractivity contribution in [2.24, 2.45) is 0 Å². The highest BCUT2D eigenvalue weighted by Crippen LogP contribution is 2.36. The molecule has 0 spiro atoms. The van der Waals surface area contributed by atoms with E-state index in [1.807, 2.05) is 12.1 Å². The molecular formula is C25H27ClNO2+. The van der Waals surface area contributed by atoms with Crippen LogP contribution in [-0.2, 0) is 13.0 Å². The van der Waals surface area contributed by atoms with E-state index in [9.17, 15) is 0 Å². The molecule has 0 saturated heterocycles. The van der Waals surface area contributed by atoms with E-state index in [1.165, 1.54) is 32.7 Å². The average Bonchev–Trinajstić information content (AvgIpc) is 2.72. The number of rotatable bonds is 5. The number of methoxy groups -OCH3 is 2. The van der Waals surface area contributed by atoms with Gasteiger partial charge in [0.05, 0.1) is 20.8 Å². The number of nitrogens with one attached hydrogen (secondary N) is 1. The summed E-state index contributed by atoms with van der Waals surface area (Å²) >= 11 is 6.37. The quantitative estimate of drug-likeness (QED) is 0.676. The molecule has 1 heterocycles. The third-order valence-corrected chi connectivity index (χ3v) is 6.01. The molecule has 3 nitrogen and oxygen atoms in total. The molecule has 1 N–H and O–H groups in total. The zero-order valence-corrected chi connectivity index (χ0v) is 17.9. The first-order valence-corrected chi connectivity index (χ1v) is 10.4. The van der Waals surface area contributed by atoms with Crippen molar-refractivity contribution < 1.29 is 14.4 Å². The second-order valence-corrected chi connectivity index (χ2v) is 8.15. The Hall–Kier alpha value is -2.49. The Morgan fingerprint density at radius 3 is 2.45 bits per heavy atom. The Morgan fingerprint density at radius 2 is 1.72 bits per heavy atom. The van der Waals surface area contributed by atoms with E-state index in [1.54, 1.807) is 14.2 Å². The van der Waals surface area contributed by atoms with Crippen LogP contribution in [0.4, 0.5) is 0 Å². The van der Waals surface area contributed by atoms with Crippen LogP contribution < -0.4 is 14.4 Å². The molecule has 2 atom stereocenters. The molecule has 4 heteroatoms. The molecule has 1 unspecified atom stereocenters. The van der Waals surface area contributed by atoms with E-state index in [0.717, 1.165) is 36.0 Å². The lowest BCUT2D eigenvalue weighted by Crippen LogP contribution is -3.12. The van der Waals surface area contributed by atoms with Gasteiger partial charge in [-0.05, 0) is 36.8 Å². The van der Waals surface area contributed by atoms with E-state index >= 15 is 0 Å². The summed E-state index contributed by atoms with van der Waals surface area (Å²) < 4.78 is 11.2. The lowest BCUT2D eigenvalue weighted by atomic mass is 9.87. The van der Waals surface area contributed by atoms with E-state index in [4.69, 9.17) is 21.1 Å². The molecule has 0 aliphatic carbocycles. The number of halogens is 1. The van der Waals surface area contributed by atoms with Crippen molar-refractivity contribution in [3.63, 3.8) is 0 Å². The van der Waals surface area contributed by atoms with Crippen LogP contribution in [0.2, 0.25) is 5.02 Å².